The molecule has 0 spiro atoms. The van der Waals surface area contributed by atoms with Gasteiger partial charge in [-0.05, 0) is 38.1 Å². The molecule has 1 N–H and O–H groups in total. The van der Waals surface area contributed by atoms with Crippen molar-refractivity contribution in [2.75, 3.05) is 27.2 Å². The van der Waals surface area contributed by atoms with Gasteiger partial charge in [-0.25, -0.2) is 0 Å². The zero-order valence-electron chi connectivity index (χ0n) is 10.9. The molecule has 0 aromatic heterocycles. The molecule has 1 aromatic carbocycles. The van der Waals surface area contributed by atoms with E-state index in [1.165, 1.54) is 5.56 Å². The number of nitrogens with one attached hydrogen (secondary N) is 1. The van der Waals surface area contributed by atoms with Gasteiger partial charge in [-0.1, -0.05) is 12.1 Å². The largest absolute Gasteiger partial charge is 0.497 e. The normalized spacial score (nSPS) is 25.8. The summed E-state index contributed by atoms with van der Waals surface area (Å²) < 4.78 is 5.17. The van der Waals surface area contributed by atoms with E-state index in [1.54, 1.807) is 7.11 Å². The standard InChI is InChI=1S/C14H22N2O/c1-11-14(15-8-9-16(11)2)10-12-4-6-13(17-3)7-5-12/h4-7,11,14-15H,8-10H2,1-3H3. The van der Waals surface area contributed by atoms with E-state index in [9.17, 15) is 0 Å². The molecule has 2 atom stereocenters. The van der Waals surface area contributed by atoms with Crippen LogP contribution in [0.25, 0.3) is 0 Å². The molecule has 17 heavy (non-hydrogen) atoms. The summed E-state index contributed by atoms with van der Waals surface area (Å²) in [6.45, 7) is 4.52. The average molecular weight is 234 g/mol. The van der Waals surface area contributed by atoms with Crippen molar-refractivity contribution in [2.45, 2.75) is 25.4 Å². The lowest BCUT2D eigenvalue weighted by molar-refractivity contribution is 0.163. The van der Waals surface area contributed by atoms with Gasteiger partial charge in [0.05, 0.1) is 7.11 Å². The molecule has 3 nitrogen and oxygen atoms in total. The van der Waals surface area contributed by atoms with Gasteiger partial charge in [-0.3, -0.25) is 0 Å². The van der Waals surface area contributed by atoms with Gasteiger partial charge < -0.3 is 15.0 Å². The van der Waals surface area contributed by atoms with Gasteiger partial charge >= 0.3 is 0 Å². The van der Waals surface area contributed by atoms with Crippen LogP contribution in [0.5, 0.6) is 5.75 Å². The van der Waals surface area contributed by atoms with Gasteiger partial charge in [0, 0.05) is 25.2 Å². The van der Waals surface area contributed by atoms with Gasteiger partial charge in [-0.2, -0.15) is 0 Å². The Hall–Kier alpha value is -1.06. The number of methoxy groups -OCH3 is 1. The molecule has 94 valence electrons. The topological polar surface area (TPSA) is 24.5 Å². The smallest absolute Gasteiger partial charge is 0.118 e. The van der Waals surface area contributed by atoms with Crippen LogP contribution in [0.4, 0.5) is 0 Å². The maximum Gasteiger partial charge on any atom is 0.118 e. The minimum atomic E-state index is 0.544. The van der Waals surface area contributed by atoms with Gasteiger partial charge in [0.2, 0.25) is 0 Å². The second-order valence-corrected chi connectivity index (χ2v) is 4.83. The summed E-state index contributed by atoms with van der Waals surface area (Å²) in [6.07, 6.45) is 1.08. The molecular weight excluding hydrogens is 212 g/mol. The summed E-state index contributed by atoms with van der Waals surface area (Å²) in [6, 6.07) is 9.51. The van der Waals surface area contributed by atoms with E-state index in [4.69, 9.17) is 4.74 Å². The monoisotopic (exact) mass is 234 g/mol. The Bertz CT molecular complexity index is 350. The van der Waals surface area contributed by atoms with Crippen LogP contribution in [0.2, 0.25) is 0 Å². The molecule has 2 unspecified atom stereocenters. The summed E-state index contributed by atoms with van der Waals surface area (Å²) in [5.41, 5.74) is 1.37. The minimum absolute atomic E-state index is 0.544. The van der Waals surface area contributed by atoms with Crippen molar-refractivity contribution in [1.82, 2.24) is 10.2 Å². The highest BCUT2D eigenvalue weighted by Crippen LogP contribution is 2.16. The second-order valence-electron chi connectivity index (χ2n) is 4.83. The molecule has 0 saturated carbocycles. The third-order valence-electron chi connectivity index (χ3n) is 3.76. The first-order valence-corrected chi connectivity index (χ1v) is 6.27. The summed E-state index contributed by atoms with van der Waals surface area (Å²) in [7, 11) is 3.90. The molecule has 0 aliphatic carbocycles. The number of piperazine rings is 1. The van der Waals surface area contributed by atoms with Crippen LogP contribution in [-0.2, 0) is 6.42 Å². The second kappa shape index (κ2) is 5.52. The SMILES string of the molecule is COc1ccc(CC2NCCN(C)C2C)cc1. The zero-order chi connectivity index (χ0) is 12.3. The summed E-state index contributed by atoms with van der Waals surface area (Å²) in [5, 5.41) is 3.60. The van der Waals surface area contributed by atoms with E-state index >= 15 is 0 Å². The van der Waals surface area contributed by atoms with Crippen LogP contribution in [0.15, 0.2) is 24.3 Å². The Balaban J connectivity index is 1.99. The predicted octanol–water partition coefficient (Wildman–Crippen LogP) is 1.53. The summed E-state index contributed by atoms with van der Waals surface area (Å²) in [4.78, 5) is 2.42. The number of rotatable bonds is 3. The van der Waals surface area contributed by atoms with E-state index in [2.05, 4.69) is 36.3 Å². The Kier molecular flexibility index (Phi) is 4.02. The predicted molar refractivity (Wildman–Crippen MR) is 70.6 cm³/mol. The van der Waals surface area contributed by atoms with Crippen LogP contribution >= 0.6 is 0 Å². The van der Waals surface area contributed by atoms with Crippen molar-refractivity contribution >= 4 is 0 Å². The Labute approximate surface area is 104 Å². The van der Waals surface area contributed by atoms with E-state index < -0.39 is 0 Å². The molecule has 1 heterocycles. The third-order valence-corrected chi connectivity index (χ3v) is 3.76. The van der Waals surface area contributed by atoms with Crippen molar-refractivity contribution in [3.8, 4) is 5.75 Å². The lowest BCUT2D eigenvalue weighted by Crippen LogP contribution is -2.55. The molecular formula is C14H22N2O. The quantitative estimate of drug-likeness (QED) is 0.858. The van der Waals surface area contributed by atoms with E-state index in [-0.39, 0.29) is 0 Å². The van der Waals surface area contributed by atoms with E-state index in [0.717, 1.165) is 25.3 Å². The van der Waals surface area contributed by atoms with Crippen LogP contribution < -0.4 is 10.1 Å². The fraction of sp³-hybridized carbons (Fsp3) is 0.571. The molecule has 1 aromatic rings. The average Bonchev–Trinajstić information content (AvgIpc) is 2.36. The Morgan fingerprint density at radius 1 is 1.35 bits per heavy atom. The number of nitrogens with zero attached hydrogens (tertiary/aromatic N) is 1. The first-order chi connectivity index (χ1) is 8.20. The molecule has 2 rings (SSSR count). The number of hydrogen-bond donors (Lipinski definition) is 1. The van der Waals surface area contributed by atoms with Gasteiger partial charge in [0.25, 0.3) is 0 Å². The fourth-order valence-corrected chi connectivity index (χ4v) is 2.37. The molecule has 1 aliphatic heterocycles. The molecule has 1 aliphatic rings. The maximum atomic E-state index is 5.17. The summed E-state index contributed by atoms with van der Waals surface area (Å²) in [5.74, 6) is 0.926. The molecule has 1 fully saturated rings. The van der Waals surface area contributed by atoms with Crippen molar-refractivity contribution in [1.29, 1.82) is 0 Å². The van der Waals surface area contributed by atoms with E-state index in [1.807, 2.05) is 12.1 Å². The van der Waals surface area contributed by atoms with Crippen LogP contribution in [0.3, 0.4) is 0 Å². The lowest BCUT2D eigenvalue weighted by atomic mass is 9.98. The van der Waals surface area contributed by atoms with Crippen LogP contribution in [0.1, 0.15) is 12.5 Å². The van der Waals surface area contributed by atoms with Crippen LogP contribution in [0, 0.1) is 0 Å². The number of likely N-dealkylation sites (N-methyl/N-ethyl adjacent to an activating group) is 1. The van der Waals surface area contributed by atoms with Crippen molar-refractivity contribution < 1.29 is 4.74 Å². The number of ether oxygens (including phenoxy) is 1. The maximum absolute atomic E-state index is 5.17. The first kappa shape index (κ1) is 12.4. The molecule has 1 saturated heterocycles. The number of benzene rings is 1. The van der Waals surface area contributed by atoms with Gasteiger partial charge in [0.1, 0.15) is 5.75 Å². The Morgan fingerprint density at radius 3 is 2.71 bits per heavy atom. The van der Waals surface area contributed by atoms with Crippen LogP contribution in [-0.4, -0.2) is 44.2 Å². The molecule has 0 bridgehead atoms. The highest BCUT2D eigenvalue weighted by atomic mass is 16.5. The molecule has 0 radical (unpaired) electrons. The first-order valence-electron chi connectivity index (χ1n) is 6.27. The van der Waals surface area contributed by atoms with Crippen molar-refractivity contribution in [3.63, 3.8) is 0 Å². The third kappa shape index (κ3) is 2.99. The van der Waals surface area contributed by atoms with Gasteiger partial charge in [-0.15, -0.1) is 0 Å². The summed E-state index contributed by atoms with van der Waals surface area (Å²) >= 11 is 0. The zero-order valence-corrected chi connectivity index (χ0v) is 10.9. The lowest BCUT2D eigenvalue weighted by Gasteiger charge is -2.38. The number of hydrogen-bond acceptors (Lipinski definition) is 3. The van der Waals surface area contributed by atoms with Crippen molar-refractivity contribution in [3.05, 3.63) is 29.8 Å². The Morgan fingerprint density at radius 2 is 2.06 bits per heavy atom. The highest BCUT2D eigenvalue weighted by Gasteiger charge is 2.24. The van der Waals surface area contributed by atoms with Crippen molar-refractivity contribution in [2.24, 2.45) is 0 Å². The molecule has 0 amide bonds. The van der Waals surface area contributed by atoms with Gasteiger partial charge in [0.15, 0.2) is 0 Å². The minimum Gasteiger partial charge on any atom is -0.497 e. The van der Waals surface area contributed by atoms with E-state index in [0.29, 0.717) is 12.1 Å². The fourth-order valence-electron chi connectivity index (χ4n) is 2.37. The highest BCUT2D eigenvalue weighted by molar-refractivity contribution is 5.27. The molecule has 3 heteroatoms.